The fourth-order valence-corrected chi connectivity index (χ4v) is 1.69. The number of aromatic nitrogens is 2. The number of nitrogens with one attached hydrogen (secondary N) is 1. The fourth-order valence-electron chi connectivity index (χ4n) is 1.69. The smallest absolute Gasteiger partial charge is 0.306 e. The molecule has 2 rings (SSSR count). The highest BCUT2D eigenvalue weighted by Crippen LogP contribution is 2.13. The van der Waals surface area contributed by atoms with Crippen molar-refractivity contribution in [1.82, 2.24) is 5.27 Å². The number of hydrogen-bond donors (Lipinski definition) is 2. The third-order valence-electron chi connectivity index (χ3n) is 2.57. The van der Waals surface area contributed by atoms with Gasteiger partial charge in [0, 0.05) is 13.1 Å². The van der Waals surface area contributed by atoms with Gasteiger partial charge in [-0.05, 0) is 18.1 Å². The third kappa shape index (κ3) is 2.54. The van der Waals surface area contributed by atoms with E-state index < -0.39 is 5.97 Å². The SMILES string of the molecule is Cl.N=c1c[n+](N2CCC(C(=O)O)CC2)[n-]o1. The van der Waals surface area contributed by atoms with Crippen molar-refractivity contribution in [3.8, 4) is 0 Å². The zero-order valence-corrected chi connectivity index (χ0v) is 9.31. The number of piperidine rings is 1. The molecular weight excluding hydrogens is 236 g/mol. The van der Waals surface area contributed by atoms with Crippen molar-refractivity contribution < 1.29 is 19.2 Å². The van der Waals surface area contributed by atoms with Crippen molar-refractivity contribution in [3.05, 3.63) is 11.8 Å². The monoisotopic (exact) mass is 248 g/mol. The van der Waals surface area contributed by atoms with Gasteiger partial charge < -0.3 is 9.63 Å². The van der Waals surface area contributed by atoms with Gasteiger partial charge in [0.15, 0.2) is 0 Å². The lowest BCUT2D eigenvalue weighted by Gasteiger charge is -2.30. The van der Waals surface area contributed by atoms with Gasteiger partial charge >= 0.3 is 5.97 Å². The summed E-state index contributed by atoms with van der Waals surface area (Å²) in [6, 6.07) is 0. The van der Waals surface area contributed by atoms with E-state index in [1.807, 2.05) is 5.01 Å². The maximum Gasteiger partial charge on any atom is 0.306 e. The minimum Gasteiger partial charge on any atom is -0.481 e. The molecule has 0 unspecified atom stereocenters. The van der Waals surface area contributed by atoms with Gasteiger partial charge in [-0.25, -0.2) is 0 Å². The molecule has 1 aliphatic heterocycles. The van der Waals surface area contributed by atoms with Crippen LogP contribution in [0.1, 0.15) is 12.8 Å². The summed E-state index contributed by atoms with van der Waals surface area (Å²) in [5, 5.41) is 21.5. The maximum atomic E-state index is 10.7. The highest BCUT2D eigenvalue weighted by atomic mass is 35.5. The Bertz CT molecular complexity index is 407. The topological polar surface area (TPSA) is 95.5 Å². The highest BCUT2D eigenvalue weighted by Gasteiger charge is 2.24. The van der Waals surface area contributed by atoms with Gasteiger partial charge in [-0.1, -0.05) is 4.79 Å². The van der Waals surface area contributed by atoms with E-state index in [4.69, 9.17) is 10.5 Å². The molecule has 0 aromatic carbocycles. The molecule has 90 valence electrons. The molecule has 0 saturated carbocycles. The third-order valence-corrected chi connectivity index (χ3v) is 2.57. The van der Waals surface area contributed by atoms with Gasteiger partial charge in [-0.2, -0.15) is 0 Å². The molecule has 0 aliphatic carbocycles. The number of aliphatic carboxylic acids is 1. The van der Waals surface area contributed by atoms with Crippen LogP contribution in [-0.4, -0.2) is 24.2 Å². The Morgan fingerprint density at radius 1 is 1.62 bits per heavy atom. The van der Waals surface area contributed by atoms with Crippen LogP contribution in [0.4, 0.5) is 0 Å². The van der Waals surface area contributed by atoms with Crippen molar-refractivity contribution in [2.75, 3.05) is 18.1 Å². The molecule has 0 atom stereocenters. The lowest BCUT2D eigenvalue weighted by molar-refractivity contribution is -0.764. The number of carboxylic acid groups (broad SMARTS) is 1. The van der Waals surface area contributed by atoms with Crippen molar-refractivity contribution in [2.24, 2.45) is 5.92 Å². The Hall–Kier alpha value is -1.50. The predicted octanol–water partition coefficient (Wildman–Crippen LogP) is -1.14. The molecule has 1 saturated heterocycles. The zero-order chi connectivity index (χ0) is 10.8. The Kier molecular flexibility index (Phi) is 3.94. The molecule has 1 aromatic rings. The molecule has 2 heterocycles. The summed E-state index contributed by atoms with van der Waals surface area (Å²) in [6.45, 7) is 1.24. The maximum absolute atomic E-state index is 10.7. The molecule has 7 nitrogen and oxygen atoms in total. The van der Waals surface area contributed by atoms with Gasteiger partial charge in [0.2, 0.25) is 0 Å². The van der Waals surface area contributed by atoms with Crippen molar-refractivity contribution in [1.29, 1.82) is 5.41 Å². The molecule has 1 aliphatic rings. The molecule has 8 heteroatoms. The van der Waals surface area contributed by atoms with Crippen molar-refractivity contribution in [3.63, 3.8) is 0 Å². The second-order valence-corrected chi connectivity index (χ2v) is 3.55. The van der Waals surface area contributed by atoms with E-state index in [-0.39, 0.29) is 23.9 Å². The standard InChI is InChI=1S/C8H12N4O3.ClH/c9-7-5-12(10-15-7)11-3-1-6(2-4-11)8(13)14;/h5-6,9H,1-4H2,(H,13,14);1H. The van der Waals surface area contributed by atoms with E-state index in [1.165, 1.54) is 11.0 Å². The Morgan fingerprint density at radius 3 is 2.69 bits per heavy atom. The van der Waals surface area contributed by atoms with Crippen LogP contribution in [-0.2, 0) is 4.79 Å². The molecule has 0 amide bonds. The van der Waals surface area contributed by atoms with Crippen LogP contribution in [0.25, 0.3) is 0 Å². The first-order valence-corrected chi connectivity index (χ1v) is 4.75. The lowest BCUT2D eigenvalue weighted by atomic mass is 9.98. The fraction of sp³-hybridized carbons (Fsp3) is 0.625. The van der Waals surface area contributed by atoms with E-state index in [0.29, 0.717) is 25.9 Å². The Balaban J connectivity index is 0.00000128. The molecule has 2 N–H and O–H groups in total. The average Bonchev–Trinajstić information content (AvgIpc) is 2.65. The quantitative estimate of drug-likeness (QED) is 0.645. The highest BCUT2D eigenvalue weighted by molar-refractivity contribution is 5.85. The Labute approximate surface area is 97.5 Å². The minimum atomic E-state index is -0.735. The second kappa shape index (κ2) is 5.02. The predicted molar refractivity (Wildman–Crippen MR) is 53.6 cm³/mol. The van der Waals surface area contributed by atoms with E-state index in [0.717, 1.165) is 0 Å². The number of carboxylic acids is 1. The number of halogens is 1. The van der Waals surface area contributed by atoms with Crippen LogP contribution in [0.15, 0.2) is 10.7 Å². The molecule has 1 fully saturated rings. The lowest BCUT2D eigenvalue weighted by Crippen LogP contribution is -2.63. The summed E-state index contributed by atoms with van der Waals surface area (Å²) < 4.78 is 4.61. The normalized spacial score (nSPS) is 16.9. The molecule has 16 heavy (non-hydrogen) atoms. The summed E-state index contributed by atoms with van der Waals surface area (Å²) in [5.41, 5.74) is -0.00430. The molecule has 0 bridgehead atoms. The van der Waals surface area contributed by atoms with Gasteiger partial charge in [0.1, 0.15) is 0 Å². The van der Waals surface area contributed by atoms with E-state index in [2.05, 4.69) is 9.79 Å². The van der Waals surface area contributed by atoms with Crippen molar-refractivity contribution >= 4 is 18.4 Å². The van der Waals surface area contributed by atoms with Crippen LogP contribution < -0.4 is 20.6 Å². The molecule has 1 aromatic heterocycles. The van der Waals surface area contributed by atoms with E-state index >= 15 is 0 Å². The summed E-state index contributed by atoms with van der Waals surface area (Å²) in [4.78, 5) is 12.2. The minimum absolute atomic E-state index is 0. The van der Waals surface area contributed by atoms with Crippen LogP contribution in [0.2, 0.25) is 0 Å². The number of nitrogens with zero attached hydrogens (tertiary/aromatic N) is 3. The van der Waals surface area contributed by atoms with Crippen LogP contribution in [0.5, 0.6) is 0 Å². The van der Waals surface area contributed by atoms with Crippen LogP contribution in [0.3, 0.4) is 0 Å². The largest absolute Gasteiger partial charge is 0.481 e. The zero-order valence-electron chi connectivity index (χ0n) is 8.50. The number of carbonyl (C=O) groups is 1. The average molecular weight is 249 g/mol. The second-order valence-electron chi connectivity index (χ2n) is 3.55. The summed E-state index contributed by atoms with van der Waals surface area (Å²) in [5.74, 6) is -0.995. The first-order chi connectivity index (χ1) is 7.16. The summed E-state index contributed by atoms with van der Waals surface area (Å²) >= 11 is 0. The molecular formula is C8H13ClN4O3. The number of hydrogen-bond acceptors (Lipinski definition) is 4. The van der Waals surface area contributed by atoms with E-state index in [1.54, 1.807) is 0 Å². The number of rotatable bonds is 2. The first-order valence-electron chi connectivity index (χ1n) is 4.75. The van der Waals surface area contributed by atoms with Crippen molar-refractivity contribution in [2.45, 2.75) is 12.8 Å². The van der Waals surface area contributed by atoms with Crippen LogP contribution >= 0.6 is 12.4 Å². The van der Waals surface area contributed by atoms with E-state index in [9.17, 15) is 4.79 Å². The summed E-state index contributed by atoms with van der Waals surface area (Å²) in [7, 11) is 0. The van der Waals surface area contributed by atoms with Crippen LogP contribution in [0, 0.1) is 11.3 Å². The van der Waals surface area contributed by atoms with Gasteiger partial charge in [0.25, 0.3) is 11.8 Å². The van der Waals surface area contributed by atoms with Gasteiger partial charge in [0.05, 0.1) is 5.92 Å². The molecule has 0 radical (unpaired) electrons. The van der Waals surface area contributed by atoms with Gasteiger partial charge in [-0.15, -0.1) is 12.4 Å². The molecule has 0 spiro atoms. The van der Waals surface area contributed by atoms with Gasteiger partial charge in [-0.3, -0.25) is 15.2 Å². The summed E-state index contributed by atoms with van der Waals surface area (Å²) in [6.07, 6.45) is 2.66. The Morgan fingerprint density at radius 2 is 2.25 bits per heavy atom. The first kappa shape index (κ1) is 12.6.